The van der Waals surface area contributed by atoms with E-state index in [0.29, 0.717) is 17.0 Å². The van der Waals surface area contributed by atoms with E-state index in [4.69, 9.17) is 5.73 Å². The summed E-state index contributed by atoms with van der Waals surface area (Å²) in [7, 11) is 0. The first-order valence-electron chi connectivity index (χ1n) is 5.55. The lowest BCUT2D eigenvalue weighted by molar-refractivity contribution is 1.15. The minimum atomic E-state index is 0.351. The number of aryl methyl sites for hydroxylation is 1. The van der Waals surface area contributed by atoms with Crippen LogP contribution >= 0.6 is 0 Å². The molecule has 2 N–H and O–H groups in total. The van der Waals surface area contributed by atoms with Crippen LogP contribution in [0, 0.1) is 6.92 Å². The monoisotopic (exact) mass is 237 g/mol. The van der Waals surface area contributed by atoms with E-state index < -0.39 is 0 Å². The van der Waals surface area contributed by atoms with Crippen LogP contribution in [0.2, 0.25) is 0 Å². The minimum absolute atomic E-state index is 0.351. The van der Waals surface area contributed by atoms with E-state index in [1.54, 1.807) is 6.20 Å². The summed E-state index contributed by atoms with van der Waals surface area (Å²) in [6.07, 6.45) is 3.10. The molecule has 0 unspecified atom stereocenters. The Balaban J connectivity index is 2.23. The number of hydrogen-bond acceptors (Lipinski definition) is 5. The zero-order valence-electron chi connectivity index (χ0n) is 9.83. The highest BCUT2D eigenvalue weighted by atomic mass is 15.0. The van der Waals surface area contributed by atoms with E-state index >= 15 is 0 Å². The van der Waals surface area contributed by atoms with Crippen LogP contribution in [-0.2, 0) is 0 Å². The third kappa shape index (κ3) is 1.66. The SMILES string of the molecule is Cc1ccccc1-c1cnc2c(N)ncnc2n1. The zero-order chi connectivity index (χ0) is 12.5. The summed E-state index contributed by atoms with van der Waals surface area (Å²) < 4.78 is 0. The van der Waals surface area contributed by atoms with Gasteiger partial charge < -0.3 is 5.73 Å². The average molecular weight is 237 g/mol. The van der Waals surface area contributed by atoms with Crippen LogP contribution in [0.3, 0.4) is 0 Å². The number of nitrogens with two attached hydrogens (primary N) is 1. The van der Waals surface area contributed by atoms with E-state index in [-0.39, 0.29) is 0 Å². The summed E-state index contributed by atoms with van der Waals surface area (Å²) in [6.45, 7) is 2.04. The normalized spacial score (nSPS) is 10.7. The molecule has 3 rings (SSSR count). The first kappa shape index (κ1) is 10.6. The first-order valence-corrected chi connectivity index (χ1v) is 5.55. The summed E-state index contributed by atoms with van der Waals surface area (Å²) in [5.74, 6) is 0.351. The maximum atomic E-state index is 5.72. The Morgan fingerprint density at radius 3 is 2.72 bits per heavy atom. The molecule has 0 amide bonds. The quantitative estimate of drug-likeness (QED) is 0.700. The third-order valence-electron chi connectivity index (χ3n) is 2.79. The van der Waals surface area contributed by atoms with Gasteiger partial charge >= 0.3 is 0 Å². The number of hydrogen-bond donors (Lipinski definition) is 1. The maximum absolute atomic E-state index is 5.72. The second-order valence-electron chi connectivity index (χ2n) is 4.00. The minimum Gasteiger partial charge on any atom is -0.382 e. The molecule has 5 nitrogen and oxygen atoms in total. The molecule has 5 heteroatoms. The van der Waals surface area contributed by atoms with E-state index in [1.807, 2.05) is 31.2 Å². The van der Waals surface area contributed by atoms with Crippen molar-refractivity contribution in [3.05, 3.63) is 42.4 Å². The zero-order valence-corrected chi connectivity index (χ0v) is 9.83. The summed E-state index contributed by atoms with van der Waals surface area (Å²) in [4.78, 5) is 16.7. The molecule has 88 valence electrons. The highest BCUT2D eigenvalue weighted by Crippen LogP contribution is 2.22. The van der Waals surface area contributed by atoms with E-state index in [2.05, 4.69) is 19.9 Å². The molecule has 0 saturated heterocycles. The Hall–Kier alpha value is -2.56. The molecular weight excluding hydrogens is 226 g/mol. The fraction of sp³-hybridized carbons (Fsp3) is 0.0769. The molecule has 0 atom stereocenters. The van der Waals surface area contributed by atoms with Crippen LogP contribution in [0.25, 0.3) is 22.4 Å². The first-order chi connectivity index (χ1) is 8.75. The van der Waals surface area contributed by atoms with Gasteiger partial charge in [-0.3, -0.25) is 0 Å². The van der Waals surface area contributed by atoms with Crippen molar-refractivity contribution in [3.63, 3.8) is 0 Å². The van der Waals surface area contributed by atoms with Crippen molar-refractivity contribution < 1.29 is 0 Å². The maximum Gasteiger partial charge on any atom is 0.184 e. The predicted molar refractivity (Wildman–Crippen MR) is 69.7 cm³/mol. The molecule has 0 aliphatic heterocycles. The highest BCUT2D eigenvalue weighted by molar-refractivity contribution is 5.82. The van der Waals surface area contributed by atoms with Gasteiger partial charge in [-0.2, -0.15) is 0 Å². The molecule has 0 bridgehead atoms. The summed E-state index contributed by atoms with van der Waals surface area (Å²) in [5, 5.41) is 0. The van der Waals surface area contributed by atoms with Gasteiger partial charge in [-0.25, -0.2) is 19.9 Å². The van der Waals surface area contributed by atoms with Crippen molar-refractivity contribution >= 4 is 17.0 Å². The van der Waals surface area contributed by atoms with Crippen LogP contribution in [0.5, 0.6) is 0 Å². The van der Waals surface area contributed by atoms with Crippen LogP contribution in [0.15, 0.2) is 36.8 Å². The van der Waals surface area contributed by atoms with Crippen molar-refractivity contribution in [2.75, 3.05) is 5.73 Å². The van der Waals surface area contributed by atoms with Gasteiger partial charge in [-0.15, -0.1) is 0 Å². The standard InChI is InChI=1S/C13H11N5/c1-8-4-2-3-5-9(8)10-6-15-11-12(14)16-7-17-13(11)18-10/h2-7H,1H3,(H2,14,16,17,18). The molecule has 0 aliphatic carbocycles. The van der Waals surface area contributed by atoms with Gasteiger partial charge in [0.25, 0.3) is 0 Å². The van der Waals surface area contributed by atoms with E-state index in [0.717, 1.165) is 16.8 Å². The Labute approximate surface area is 104 Å². The topological polar surface area (TPSA) is 77.6 Å². The van der Waals surface area contributed by atoms with Gasteiger partial charge in [0, 0.05) is 5.56 Å². The molecule has 2 aromatic heterocycles. The lowest BCUT2D eigenvalue weighted by atomic mass is 10.1. The number of fused-ring (bicyclic) bond motifs is 1. The molecule has 18 heavy (non-hydrogen) atoms. The van der Waals surface area contributed by atoms with Crippen molar-refractivity contribution in [1.29, 1.82) is 0 Å². The highest BCUT2D eigenvalue weighted by Gasteiger charge is 2.07. The molecular formula is C13H11N5. The van der Waals surface area contributed by atoms with Gasteiger partial charge in [0.05, 0.1) is 11.9 Å². The third-order valence-corrected chi connectivity index (χ3v) is 2.79. The van der Waals surface area contributed by atoms with E-state index in [1.165, 1.54) is 6.33 Å². The van der Waals surface area contributed by atoms with Crippen LogP contribution in [0.1, 0.15) is 5.56 Å². The predicted octanol–water partition coefficient (Wildman–Crippen LogP) is 1.98. The van der Waals surface area contributed by atoms with Crippen LogP contribution < -0.4 is 5.73 Å². The number of benzene rings is 1. The Bertz CT molecular complexity index is 723. The lowest BCUT2D eigenvalue weighted by Crippen LogP contribution is -1.98. The Morgan fingerprint density at radius 2 is 1.89 bits per heavy atom. The lowest BCUT2D eigenvalue weighted by Gasteiger charge is -2.05. The van der Waals surface area contributed by atoms with Crippen molar-refractivity contribution in [1.82, 2.24) is 19.9 Å². The van der Waals surface area contributed by atoms with Crippen molar-refractivity contribution in [2.45, 2.75) is 6.92 Å². The second kappa shape index (κ2) is 4.03. The van der Waals surface area contributed by atoms with Crippen molar-refractivity contribution in [2.24, 2.45) is 0 Å². The van der Waals surface area contributed by atoms with Gasteiger partial charge in [0.2, 0.25) is 0 Å². The molecule has 0 aliphatic rings. The molecule has 0 fully saturated rings. The number of rotatable bonds is 1. The summed E-state index contributed by atoms with van der Waals surface area (Å²) in [5.41, 5.74) is 9.76. The van der Waals surface area contributed by atoms with Crippen LogP contribution in [-0.4, -0.2) is 19.9 Å². The molecule has 0 saturated carbocycles. The fourth-order valence-electron chi connectivity index (χ4n) is 1.85. The number of nitrogens with zero attached hydrogens (tertiary/aromatic N) is 4. The Morgan fingerprint density at radius 1 is 1.06 bits per heavy atom. The summed E-state index contributed by atoms with van der Waals surface area (Å²) in [6, 6.07) is 8.02. The van der Waals surface area contributed by atoms with Gasteiger partial charge in [0.1, 0.15) is 11.8 Å². The largest absolute Gasteiger partial charge is 0.382 e. The Kier molecular flexibility index (Phi) is 2.37. The number of nitrogen functional groups attached to an aromatic ring is 1. The molecule has 3 aromatic rings. The van der Waals surface area contributed by atoms with E-state index in [9.17, 15) is 0 Å². The van der Waals surface area contributed by atoms with Gasteiger partial charge in [0.15, 0.2) is 11.5 Å². The van der Waals surface area contributed by atoms with Crippen molar-refractivity contribution in [3.8, 4) is 11.3 Å². The second-order valence-corrected chi connectivity index (χ2v) is 4.00. The molecule has 0 radical (unpaired) electrons. The summed E-state index contributed by atoms with van der Waals surface area (Å²) >= 11 is 0. The van der Waals surface area contributed by atoms with Gasteiger partial charge in [-0.05, 0) is 12.5 Å². The number of aromatic nitrogens is 4. The fourth-order valence-corrected chi connectivity index (χ4v) is 1.85. The average Bonchev–Trinajstić information content (AvgIpc) is 2.39. The van der Waals surface area contributed by atoms with Crippen LogP contribution in [0.4, 0.5) is 5.82 Å². The molecule has 2 heterocycles. The van der Waals surface area contributed by atoms with Gasteiger partial charge in [-0.1, -0.05) is 24.3 Å². The molecule has 0 spiro atoms. The molecule has 1 aromatic carbocycles. The smallest absolute Gasteiger partial charge is 0.184 e. The number of anilines is 1.